The Kier molecular flexibility index (Phi) is 9.50. The van der Waals surface area contributed by atoms with Gasteiger partial charge in [-0.2, -0.15) is 0 Å². The normalized spacial score (nSPS) is 12.2. The predicted molar refractivity (Wildman–Crippen MR) is 151 cm³/mol. The highest BCUT2D eigenvalue weighted by Crippen LogP contribution is 2.28. The summed E-state index contributed by atoms with van der Waals surface area (Å²) in [5, 5.41) is 2.81. The molecule has 0 bridgehead atoms. The minimum absolute atomic E-state index is 0.00296. The van der Waals surface area contributed by atoms with Crippen molar-refractivity contribution in [1.82, 2.24) is 10.2 Å². The molecule has 0 spiro atoms. The average molecular weight is 554 g/mol. The number of benzene rings is 3. The van der Waals surface area contributed by atoms with Gasteiger partial charge in [0.15, 0.2) is 0 Å². The molecule has 3 rings (SSSR count). The number of hydrogen-bond acceptors (Lipinski definition) is 4. The number of sulfonamides is 1. The van der Waals surface area contributed by atoms with E-state index in [1.165, 1.54) is 41.3 Å². The monoisotopic (exact) mass is 553 g/mol. The van der Waals surface area contributed by atoms with Crippen LogP contribution < -0.4 is 9.62 Å². The molecule has 2 amide bonds. The van der Waals surface area contributed by atoms with Crippen LogP contribution in [0.2, 0.25) is 0 Å². The molecule has 0 saturated carbocycles. The molecule has 208 valence electrons. The Labute approximate surface area is 230 Å². The van der Waals surface area contributed by atoms with E-state index in [1.54, 1.807) is 32.0 Å². The lowest BCUT2D eigenvalue weighted by atomic mass is 10.1. The van der Waals surface area contributed by atoms with Crippen LogP contribution in [0.4, 0.5) is 10.1 Å². The van der Waals surface area contributed by atoms with E-state index in [4.69, 9.17) is 0 Å². The van der Waals surface area contributed by atoms with Crippen LogP contribution in [0.25, 0.3) is 0 Å². The van der Waals surface area contributed by atoms with Crippen molar-refractivity contribution >= 4 is 27.5 Å². The summed E-state index contributed by atoms with van der Waals surface area (Å²) in [4.78, 5) is 28.3. The smallest absolute Gasteiger partial charge is 0.264 e. The highest BCUT2D eigenvalue weighted by Gasteiger charge is 2.33. The minimum atomic E-state index is -4.15. The molecule has 0 aliphatic rings. The van der Waals surface area contributed by atoms with Crippen LogP contribution in [0, 0.1) is 26.6 Å². The van der Waals surface area contributed by atoms with Gasteiger partial charge in [-0.25, -0.2) is 12.8 Å². The zero-order chi connectivity index (χ0) is 28.9. The lowest BCUT2D eigenvalue weighted by molar-refractivity contribution is -0.139. The number of halogens is 1. The highest BCUT2D eigenvalue weighted by molar-refractivity contribution is 7.92. The zero-order valence-corrected chi connectivity index (χ0v) is 24.0. The summed E-state index contributed by atoms with van der Waals surface area (Å²) in [7, 11) is -4.15. The number of carbonyl (C=O) groups is 2. The first-order valence-corrected chi connectivity index (χ1v) is 14.2. The van der Waals surface area contributed by atoms with Crippen LogP contribution in [0.3, 0.4) is 0 Å². The molecular formula is C30H36FN3O4S. The Hall–Kier alpha value is -3.72. The molecule has 39 heavy (non-hydrogen) atoms. The molecule has 0 saturated heterocycles. The number of hydrogen-bond donors (Lipinski definition) is 1. The van der Waals surface area contributed by atoms with Crippen molar-refractivity contribution in [2.75, 3.05) is 10.8 Å². The molecule has 7 nitrogen and oxygen atoms in total. The van der Waals surface area contributed by atoms with Crippen molar-refractivity contribution < 1.29 is 22.4 Å². The van der Waals surface area contributed by atoms with Gasteiger partial charge >= 0.3 is 0 Å². The van der Waals surface area contributed by atoms with Crippen LogP contribution in [0.1, 0.15) is 43.0 Å². The lowest BCUT2D eigenvalue weighted by Gasteiger charge is -2.33. The van der Waals surface area contributed by atoms with E-state index < -0.39 is 34.3 Å². The summed E-state index contributed by atoms with van der Waals surface area (Å²) >= 11 is 0. The Morgan fingerprint density at radius 3 is 2.05 bits per heavy atom. The lowest BCUT2D eigenvalue weighted by Crippen LogP contribution is -2.52. The third kappa shape index (κ3) is 7.44. The fraction of sp³-hybridized carbons (Fsp3) is 0.333. The summed E-state index contributed by atoms with van der Waals surface area (Å²) < 4.78 is 42.5. The first-order chi connectivity index (χ1) is 18.3. The standard InChI is InChI=1S/C30H36FN3O4S/c1-20(2)32-30(36)24(6)33(18-25-11-13-26(31)14-12-25)29(35)19-34(28-17-22(4)7-10-23(28)5)39(37,38)27-15-8-21(3)9-16-27/h7-17,20,24H,18-19H2,1-6H3,(H,32,36)/t24-/m1/s1. The minimum Gasteiger partial charge on any atom is -0.352 e. The molecule has 0 aliphatic carbocycles. The molecule has 0 radical (unpaired) electrons. The van der Waals surface area contributed by atoms with Gasteiger partial charge in [0.1, 0.15) is 18.4 Å². The average Bonchev–Trinajstić information content (AvgIpc) is 2.87. The largest absolute Gasteiger partial charge is 0.352 e. The van der Waals surface area contributed by atoms with Crippen molar-refractivity contribution in [3.05, 3.63) is 94.8 Å². The second kappa shape index (κ2) is 12.4. The Bertz CT molecular complexity index is 1420. The molecule has 0 aliphatic heterocycles. The Morgan fingerprint density at radius 1 is 0.872 bits per heavy atom. The van der Waals surface area contributed by atoms with Gasteiger partial charge in [-0.15, -0.1) is 0 Å². The van der Waals surface area contributed by atoms with Gasteiger partial charge in [-0.3, -0.25) is 13.9 Å². The fourth-order valence-corrected chi connectivity index (χ4v) is 5.58. The van der Waals surface area contributed by atoms with Crippen molar-refractivity contribution in [2.24, 2.45) is 0 Å². The number of amides is 2. The van der Waals surface area contributed by atoms with E-state index in [1.807, 2.05) is 39.8 Å². The maximum absolute atomic E-state index is 13.9. The number of anilines is 1. The van der Waals surface area contributed by atoms with Gasteiger partial charge < -0.3 is 10.2 Å². The fourth-order valence-electron chi connectivity index (χ4n) is 4.11. The maximum Gasteiger partial charge on any atom is 0.264 e. The predicted octanol–water partition coefficient (Wildman–Crippen LogP) is 4.89. The third-order valence-electron chi connectivity index (χ3n) is 6.39. The quantitative estimate of drug-likeness (QED) is 0.387. The second-order valence-corrected chi connectivity index (χ2v) is 12.0. The van der Waals surface area contributed by atoms with E-state index >= 15 is 0 Å². The summed E-state index contributed by atoms with van der Waals surface area (Å²) in [6.07, 6.45) is 0. The van der Waals surface area contributed by atoms with Gasteiger partial charge in [0.2, 0.25) is 11.8 Å². The maximum atomic E-state index is 13.9. The number of rotatable bonds is 10. The molecular weight excluding hydrogens is 517 g/mol. The Morgan fingerprint density at radius 2 is 1.46 bits per heavy atom. The van der Waals surface area contributed by atoms with Crippen molar-refractivity contribution in [3.8, 4) is 0 Å². The van der Waals surface area contributed by atoms with E-state index in [-0.39, 0.29) is 23.4 Å². The van der Waals surface area contributed by atoms with Gasteiger partial charge in [-0.1, -0.05) is 42.0 Å². The van der Waals surface area contributed by atoms with Crippen LogP contribution >= 0.6 is 0 Å². The SMILES string of the molecule is Cc1ccc(S(=O)(=O)N(CC(=O)N(Cc2ccc(F)cc2)[C@H](C)C(=O)NC(C)C)c2cc(C)ccc2C)cc1. The van der Waals surface area contributed by atoms with E-state index in [9.17, 15) is 22.4 Å². The number of aryl methyl sites for hydroxylation is 3. The summed E-state index contributed by atoms with van der Waals surface area (Å²) in [5.41, 5.74) is 3.40. The molecule has 0 aromatic heterocycles. The number of nitrogens with zero attached hydrogens (tertiary/aromatic N) is 2. The molecule has 1 atom stereocenters. The van der Waals surface area contributed by atoms with E-state index in [2.05, 4.69) is 5.32 Å². The molecule has 9 heteroatoms. The Balaban J connectivity index is 2.07. The number of nitrogens with one attached hydrogen (secondary N) is 1. The molecule has 3 aromatic carbocycles. The second-order valence-electron chi connectivity index (χ2n) is 10.1. The third-order valence-corrected chi connectivity index (χ3v) is 8.16. The molecule has 1 N–H and O–H groups in total. The van der Waals surface area contributed by atoms with Gasteiger partial charge in [0, 0.05) is 12.6 Å². The van der Waals surface area contributed by atoms with E-state index in [0.29, 0.717) is 16.8 Å². The van der Waals surface area contributed by atoms with Crippen LogP contribution in [-0.4, -0.2) is 43.8 Å². The summed E-state index contributed by atoms with van der Waals surface area (Å²) in [6.45, 7) is 10.2. The van der Waals surface area contributed by atoms with Gasteiger partial charge in [-0.05, 0) is 88.6 Å². The van der Waals surface area contributed by atoms with Crippen LogP contribution in [0.5, 0.6) is 0 Å². The highest BCUT2D eigenvalue weighted by atomic mass is 32.2. The zero-order valence-electron chi connectivity index (χ0n) is 23.2. The topological polar surface area (TPSA) is 86.8 Å². The molecule has 0 fully saturated rings. The first-order valence-electron chi connectivity index (χ1n) is 12.8. The van der Waals surface area contributed by atoms with Crippen LogP contribution in [-0.2, 0) is 26.2 Å². The molecule has 0 heterocycles. The van der Waals surface area contributed by atoms with Crippen molar-refractivity contribution in [2.45, 2.75) is 65.1 Å². The summed E-state index contributed by atoms with van der Waals surface area (Å²) in [5.74, 6) is -1.37. The van der Waals surface area contributed by atoms with Crippen molar-refractivity contribution in [3.63, 3.8) is 0 Å². The van der Waals surface area contributed by atoms with E-state index in [0.717, 1.165) is 15.4 Å². The van der Waals surface area contributed by atoms with Gasteiger partial charge in [0.05, 0.1) is 10.6 Å². The summed E-state index contributed by atoms with van der Waals surface area (Å²) in [6, 6.07) is 16.4. The number of carbonyl (C=O) groups excluding carboxylic acids is 2. The van der Waals surface area contributed by atoms with Crippen molar-refractivity contribution in [1.29, 1.82) is 0 Å². The first kappa shape index (κ1) is 29.8. The van der Waals surface area contributed by atoms with Crippen LogP contribution in [0.15, 0.2) is 71.6 Å². The molecule has 3 aromatic rings. The molecule has 0 unspecified atom stereocenters. The van der Waals surface area contributed by atoms with Gasteiger partial charge in [0.25, 0.3) is 10.0 Å².